The van der Waals surface area contributed by atoms with Gasteiger partial charge in [-0.25, -0.2) is 0 Å². The van der Waals surface area contributed by atoms with Crippen molar-refractivity contribution in [3.8, 4) is 0 Å². The fourth-order valence-corrected chi connectivity index (χ4v) is 5.18. The third-order valence-corrected chi connectivity index (χ3v) is 7.16. The lowest BCUT2D eigenvalue weighted by molar-refractivity contribution is 0.456. The summed E-state index contributed by atoms with van der Waals surface area (Å²) in [5, 5.41) is 1.26. The first-order chi connectivity index (χ1) is 18.8. The van der Waals surface area contributed by atoms with Crippen molar-refractivity contribution >= 4 is 28.6 Å². The number of nitrogens with zero attached hydrogens (tertiary/aromatic N) is 1. The Kier molecular flexibility index (Phi) is 6.73. The molecular formula is C35H30N2O. The first-order valence-electron chi connectivity index (χ1n) is 13.1. The van der Waals surface area contributed by atoms with E-state index in [4.69, 9.17) is 9.73 Å². The molecule has 0 bridgehead atoms. The van der Waals surface area contributed by atoms with E-state index in [0.717, 1.165) is 34.6 Å². The molecule has 0 saturated carbocycles. The number of hydrogen-bond donors (Lipinski definition) is 1. The zero-order valence-electron chi connectivity index (χ0n) is 21.5. The van der Waals surface area contributed by atoms with Gasteiger partial charge in [-0.15, -0.1) is 0 Å². The normalized spacial score (nSPS) is 15.6. The van der Waals surface area contributed by atoms with Gasteiger partial charge in [0.25, 0.3) is 0 Å². The Morgan fingerprint density at radius 1 is 0.789 bits per heavy atom. The number of hydrogen-bond acceptors (Lipinski definition) is 2. The predicted octanol–water partition coefficient (Wildman–Crippen LogP) is 8.36. The van der Waals surface area contributed by atoms with Crippen molar-refractivity contribution in [1.82, 2.24) is 4.98 Å². The van der Waals surface area contributed by atoms with E-state index >= 15 is 0 Å². The lowest BCUT2D eigenvalue weighted by Crippen LogP contribution is -2.13. The van der Waals surface area contributed by atoms with Gasteiger partial charge in [-0.2, -0.15) is 0 Å². The van der Waals surface area contributed by atoms with Crippen LogP contribution in [-0.2, 0) is 11.2 Å². The van der Waals surface area contributed by atoms with Crippen LogP contribution in [0.25, 0.3) is 22.4 Å². The number of aromatic nitrogens is 1. The lowest BCUT2D eigenvalue weighted by atomic mass is 9.84. The van der Waals surface area contributed by atoms with Crippen molar-refractivity contribution in [2.75, 3.05) is 6.54 Å². The molecule has 5 aromatic rings. The third kappa shape index (κ3) is 4.83. The number of aryl methyl sites for hydroxylation is 1. The third-order valence-electron chi connectivity index (χ3n) is 7.16. The highest BCUT2D eigenvalue weighted by Gasteiger charge is 2.27. The molecule has 1 N–H and O–H groups in total. The summed E-state index contributed by atoms with van der Waals surface area (Å²) in [5.74, 6) is 1.75. The van der Waals surface area contributed by atoms with Gasteiger partial charge in [0.15, 0.2) is 0 Å². The van der Waals surface area contributed by atoms with Gasteiger partial charge in [0.2, 0.25) is 0 Å². The minimum Gasteiger partial charge on any atom is -0.456 e. The van der Waals surface area contributed by atoms with Crippen LogP contribution in [0.15, 0.2) is 132 Å². The maximum absolute atomic E-state index is 6.67. The molecule has 0 radical (unpaired) electrons. The average molecular weight is 495 g/mol. The summed E-state index contributed by atoms with van der Waals surface area (Å²) in [7, 11) is 0. The van der Waals surface area contributed by atoms with Crippen molar-refractivity contribution in [2.45, 2.75) is 19.3 Å². The number of aromatic amines is 1. The molecule has 3 nitrogen and oxygen atoms in total. The SMILES string of the molecule is Cc1ccccc1C1C=C(c2ccccc2)OC(c2ccccc2)=C1C=NCCc1c[nH]c2ccccc12. The number of H-pyrrole nitrogens is 1. The maximum Gasteiger partial charge on any atom is 0.140 e. The van der Waals surface area contributed by atoms with E-state index in [1.807, 2.05) is 18.3 Å². The summed E-state index contributed by atoms with van der Waals surface area (Å²) in [6.45, 7) is 2.87. The lowest BCUT2D eigenvalue weighted by Gasteiger charge is -2.28. The number of benzene rings is 4. The van der Waals surface area contributed by atoms with Crippen LogP contribution in [0.4, 0.5) is 0 Å². The molecule has 0 spiro atoms. The van der Waals surface area contributed by atoms with E-state index < -0.39 is 0 Å². The maximum atomic E-state index is 6.67. The summed E-state index contributed by atoms with van der Waals surface area (Å²) in [6.07, 6.45) is 7.25. The molecule has 2 heterocycles. The van der Waals surface area contributed by atoms with Gasteiger partial charge < -0.3 is 9.72 Å². The Balaban J connectivity index is 1.40. The monoisotopic (exact) mass is 494 g/mol. The average Bonchev–Trinajstić information content (AvgIpc) is 3.39. The molecule has 1 aliphatic rings. The van der Waals surface area contributed by atoms with E-state index in [1.54, 1.807) is 0 Å². The van der Waals surface area contributed by atoms with Gasteiger partial charge in [-0.05, 0) is 42.2 Å². The molecule has 3 heteroatoms. The zero-order valence-corrected chi connectivity index (χ0v) is 21.5. The van der Waals surface area contributed by atoms with Crippen molar-refractivity contribution in [1.29, 1.82) is 0 Å². The minimum absolute atomic E-state index is 0.0206. The van der Waals surface area contributed by atoms with Gasteiger partial charge in [0.1, 0.15) is 11.5 Å². The summed E-state index contributed by atoms with van der Waals surface area (Å²) in [6, 6.07) is 37.7. The highest BCUT2D eigenvalue weighted by atomic mass is 16.5. The van der Waals surface area contributed by atoms with Gasteiger partial charge >= 0.3 is 0 Å². The first kappa shape index (κ1) is 23.7. The molecule has 0 saturated heterocycles. The van der Waals surface area contributed by atoms with Gasteiger partial charge in [0.05, 0.1) is 0 Å². The Bertz CT molecular complexity index is 1640. The highest BCUT2D eigenvalue weighted by molar-refractivity contribution is 5.95. The van der Waals surface area contributed by atoms with Crippen LogP contribution in [-0.4, -0.2) is 17.7 Å². The Labute approximate surface area is 223 Å². The molecule has 38 heavy (non-hydrogen) atoms. The second-order valence-corrected chi connectivity index (χ2v) is 9.63. The number of fused-ring (bicyclic) bond motifs is 1. The molecule has 0 fully saturated rings. The number of para-hydroxylation sites is 1. The van der Waals surface area contributed by atoms with Crippen molar-refractivity contribution < 1.29 is 4.74 Å². The highest BCUT2D eigenvalue weighted by Crippen LogP contribution is 2.41. The van der Waals surface area contributed by atoms with E-state index in [1.165, 1.54) is 27.6 Å². The largest absolute Gasteiger partial charge is 0.456 e. The fraction of sp³-hybridized carbons (Fsp3) is 0.114. The van der Waals surface area contributed by atoms with Crippen molar-refractivity contribution in [3.63, 3.8) is 0 Å². The zero-order chi connectivity index (χ0) is 25.7. The molecule has 0 amide bonds. The first-order valence-corrected chi connectivity index (χ1v) is 13.1. The summed E-state index contributed by atoms with van der Waals surface area (Å²) >= 11 is 0. The summed E-state index contributed by atoms with van der Waals surface area (Å²) in [4.78, 5) is 8.32. The van der Waals surface area contributed by atoms with Crippen molar-refractivity contribution in [3.05, 3.63) is 155 Å². The van der Waals surface area contributed by atoms with Crippen LogP contribution in [0.1, 0.15) is 33.7 Å². The van der Waals surface area contributed by atoms with E-state index in [9.17, 15) is 0 Å². The molecule has 1 unspecified atom stereocenters. The van der Waals surface area contributed by atoms with Crippen LogP contribution in [0.3, 0.4) is 0 Å². The predicted molar refractivity (Wildman–Crippen MR) is 158 cm³/mol. The van der Waals surface area contributed by atoms with E-state index in [2.05, 4.69) is 121 Å². The number of aliphatic imine (C=N–C) groups is 1. The topological polar surface area (TPSA) is 37.4 Å². The van der Waals surface area contributed by atoms with Crippen molar-refractivity contribution in [2.24, 2.45) is 4.99 Å². The van der Waals surface area contributed by atoms with Gasteiger partial charge in [0, 0.05) is 52.5 Å². The summed E-state index contributed by atoms with van der Waals surface area (Å²) < 4.78 is 6.67. The summed E-state index contributed by atoms with van der Waals surface area (Å²) in [5.41, 5.74) is 8.15. The number of allylic oxidation sites excluding steroid dienone is 2. The molecule has 1 aliphatic heterocycles. The standard InChI is InChI=1S/C35H30N2O/c1-25-12-8-9-17-29(25)31-22-34(26-13-4-2-5-14-26)38-35(27-15-6-3-7-16-27)32(31)24-36-21-20-28-23-37-33-19-11-10-18-30(28)33/h2-19,22-24,31,37H,20-21H2,1H3. The van der Waals surface area contributed by atoms with Crippen LogP contribution < -0.4 is 0 Å². The van der Waals surface area contributed by atoms with Crippen LogP contribution >= 0.6 is 0 Å². The molecule has 1 atom stereocenters. The molecule has 4 aromatic carbocycles. The van der Waals surface area contributed by atoms with E-state index in [0.29, 0.717) is 6.54 Å². The molecule has 6 rings (SSSR count). The van der Waals surface area contributed by atoms with Gasteiger partial charge in [-0.1, -0.05) is 103 Å². The molecule has 1 aromatic heterocycles. The van der Waals surface area contributed by atoms with Gasteiger partial charge in [-0.3, -0.25) is 4.99 Å². The number of nitrogens with one attached hydrogen (secondary N) is 1. The Hall–Kier alpha value is -4.63. The number of ether oxygens (including phenoxy) is 1. The van der Waals surface area contributed by atoms with E-state index in [-0.39, 0.29) is 5.92 Å². The Morgan fingerprint density at radius 2 is 1.47 bits per heavy atom. The number of rotatable bonds is 7. The quantitative estimate of drug-likeness (QED) is 0.227. The van der Waals surface area contributed by atoms with Crippen LogP contribution in [0, 0.1) is 6.92 Å². The van der Waals surface area contributed by atoms with Crippen LogP contribution in [0.5, 0.6) is 0 Å². The smallest absolute Gasteiger partial charge is 0.140 e. The Morgan fingerprint density at radius 3 is 2.26 bits per heavy atom. The molecule has 0 aliphatic carbocycles. The molecular weight excluding hydrogens is 464 g/mol. The fourth-order valence-electron chi connectivity index (χ4n) is 5.18. The van der Waals surface area contributed by atoms with Crippen LogP contribution in [0.2, 0.25) is 0 Å². The second-order valence-electron chi connectivity index (χ2n) is 9.63. The second kappa shape index (κ2) is 10.8. The molecule has 186 valence electrons. The minimum atomic E-state index is 0.0206.